The van der Waals surface area contributed by atoms with Gasteiger partial charge in [0.15, 0.2) is 0 Å². The maximum absolute atomic E-state index is 5.95. The van der Waals surface area contributed by atoms with E-state index < -0.39 is 0 Å². The average Bonchev–Trinajstić information content (AvgIpc) is 2.41. The number of nitrogens with zero attached hydrogens (tertiary/aromatic N) is 2. The van der Waals surface area contributed by atoms with Gasteiger partial charge in [0.05, 0.1) is 5.69 Å². The van der Waals surface area contributed by atoms with Gasteiger partial charge in [-0.2, -0.15) is 0 Å². The molecule has 0 atom stereocenters. The minimum absolute atomic E-state index is 0.895. The molecule has 3 heteroatoms. The number of aryl methyl sites for hydroxylation is 2. The molecule has 1 heterocycles. The van der Waals surface area contributed by atoms with Crippen LogP contribution in [0.4, 0.5) is 5.69 Å². The zero-order valence-electron chi connectivity index (χ0n) is 12.3. The van der Waals surface area contributed by atoms with Gasteiger partial charge in [-0.3, -0.25) is 4.98 Å². The summed E-state index contributed by atoms with van der Waals surface area (Å²) in [5, 5.41) is 0. The van der Waals surface area contributed by atoms with Crippen LogP contribution in [0.1, 0.15) is 23.4 Å². The molecule has 0 spiro atoms. The van der Waals surface area contributed by atoms with Crippen molar-refractivity contribution in [3.8, 4) is 0 Å². The first kappa shape index (κ1) is 14.5. The molecule has 0 saturated heterocycles. The molecule has 0 aliphatic rings. The Morgan fingerprint density at radius 1 is 1.10 bits per heavy atom. The minimum Gasteiger partial charge on any atom is -0.399 e. The lowest BCUT2D eigenvalue weighted by atomic mass is 10.1. The Hall–Kier alpha value is -1.87. The third-order valence-corrected chi connectivity index (χ3v) is 3.42. The normalized spacial score (nSPS) is 10.9. The highest BCUT2D eigenvalue weighted by Crippen LogP contribution is 2.13. The van der Waals surface area contributed by atoms with Gasteiger partial charge in [-0.05, 0) is 57.1 Å². The van der Waals surface area contributed by atoms with Crippen molar-refractivity contribution in [2.75, 3.05) is 19.3 Å². The van der Waals surface area contributed by atoms with E-state index in [1.807, 2.05) is 31.2 Å². The van der Waals surface area contributed by atoms with Gasteiger partial charge in [0, 0.05) is 17.9 Å². The van der Waals surface area contributed by atoms with Gasteiger partial charge in [0.2, 0.25) is 0 Å². The predicted octanol–water partition coefficient (Wildman–Crippen LogP) is 3.04. The molecule has 0 radical (unpaired) electrons. The molecular formula is C17H23N3. The van der Waals surface area contributed by atoms with Crippen LogP contribution in [0.5, 0.6) is 0 Å². The van der Waals surface area contributed by atoms with Crippen molar-refractivity contribution in [2.45, 2.75) is 26.3 Å². The first-order valence-electron chi connectivity index (χ1n) is 7.09. The lowest BCUT2D eigenvalue weighted by Crippen LogP contribution is -2.20. The second kappa shape index (κ2) is 7.06. The first-order valence-corrected chi connectivity index (χ1v) is 7.09. The predicted molar refractivity (Wildman–Crippen MR) is 84.5 cm³/mol. The maximum Gasteiger partial charge on any atom is 0.0547 e. The summed E-state index contributed by atoms with van der Waals surface area (Å²) in [6.45, 7) is 3.97. The van der Waals surface area contributed by atoms with Crippen molar-refractivity contribution in [1.29, 1.82) is 0 Å². The number of nitrogen functional groups attached to an aromatic ring is 1. The summed E-state index contributed by atoms with van der Waals surface area (Å²) in [5.74, 6) is 0. The molecule has 2 aromatic rings. The van der Waals surface area contributed by atoms with E-state index in [0.29, 0.717) is 0 Å². The third-order valence-electron chi connectivity index (χ3n) is 3.42. The van der Waals surface area contributed by atoms with Gasteiger partial charge >= 0.3 is 0 Å². The fraction of sp³-hybridized carbons (Fsp3) is 0.353. The monoisotopic (exact) mass is 269 g/mol. The van der Waals surface area contributed by atoms with E-state index in [4.69, 9.17) is 5.73 Å². The van der Waals surface area contributed by atoms with E-state index in [1.54, 1.807) is 0 Å². The molecule has 0 bridgehead atoms. The van der Waals surface area contributed by atoms with Gasteiger partial charge in [0.25, 0.3) is 0 Å². The maximum atomic E-state index is 5.95. The number of anilines is 1. The summed E-state index contributed by atoms with van der Waals surface area (Å²) < 4.78 is 0. The smallest absolute Gasteiger partial charge is 0.0547 e. The first-order chi connectivity index (χ1) is 9.65. The largest absolute Gasteiger partial charge is 0.399 e. The number of hydrogen-bond acceptors (Lipinski definition) is 3. The van der Waals surface area contributed by atoms with Gasteiger partial charge in [-0.25, -0.2) is 0 Å². The van der Waals surface area contributed by atoms with E-state index in [1.165, 1.54) is 5.56 Å². The molecule has 0 aliphatic heterocycles. The van der Waals surface area contributed by atoms with Crippen LogP contribution in [0, 0.1) is 6.92 Å². The molecule has 2 rings (SSSR count). The van der Waals surface area contributed by atoms with Gasteiger partial charge < -0.3 is 10.6 Å². The van der Waals surface area contributed by atoms with Crippen LogP contribution in [0.2, 0.25) is 0 Å². The number of pyridine rings is 1. The molecular weight excluding hydrogens is 246 g/mol. The molecule has 106 valence electrons. The van der Waals surface area contributed by atoms with E-state index in [9.17, 15) is 0 Å². The van der Waals surface area contributed by atoms with Crippen molar-refractivity contribution in [3.63, 3.8) is 0 Å². The number of nitrogens with two attached hydrogens (primary N) is 1. The molecule has 0 fully saturated rings. The third kappa shape index (κ3) is 4.35. The standard InChI is InChI=1S/C17H23N3/c1-14-7-5-10-16(19-14)13-20(2)12-6-9-15-8-3-4-11-17(15)18/h3-5,7-8,10-11H,6,9,12-13,18H2,1-2H3. The molecule has 1 aromatic heterocycles. The Balaban J connectivity index is 1.78. The Bertz CT molecular complexity index is 551. The van der Waals surface area contributed by atoms with E-state index in [2.05, 4.69) is 35.1 Å². The molecule has 0 unspecified atom stereocenters. The Labute approximate surface area is 121 Å². The lowest BCUT2D eigenvalue weighted by molar-refractivity contribution is 0.318. The highest BCUT2D eigenvalue weighted by atomic mass is 15.1. The van der Waals surface area contributed by atoms with Crippen LogP contribution >= 0.6 is 0 Å². The molecule has 1 aromatic carbocycles. The summed E-state index contributed by atoms with van der Waals surface area (Å²) >= 11 is 0. The molecule has 0 aliphatic carbocycles. The van der Waals surface area contributed by atoms with Crippen molar-refractivity contribution < 1.29 is 0 Å². The summed E-state index contributed by atoms with van der Waals surface area (Å²) in [5.41, 5.74) is 10.3. The quantitative estimate of drug-likeness (QED) is 0.820. The Morgan fingerprint density at radius 2 is 1.90 bits per heavy atom. The second-order valence-corrected chi connectivity index (χ2v) is 5.31. The number of benzene rings is 1. The highest BCUT2D eigenvalue weighted by molar-refractivity contribution is 5.46. The molecule has 20 heavy (non-hydrogen) atoms. The van der Waals surface area contributed by atoms with Crippen LogP contribution in [0.25, 0.3) is 0 Å². The molecule has 0 amide bonds. The Kier molecular flexibility index (Phi) is 5.13. The molecule has 2 N–H and O–H groups in total. The zero-order chi connectivity index (χ0) is 14.4. The summed E-state index contributed by atoms with van der Waals surface area (Å²) in [6, 6.07) is 14.3. The van der Waals surface area contributed by atoms with Crippen LogP contribution in [-0.2, 0) is 13.0 Å². The van der Waals surface area contributed by atoms with Crippen LogP contribution in [-0.4, -0.2) is 23.5 Å². The highest BCUT2D eigenvalue weighted by Gasteiger charge is 2.03. The van der Waals surface area contributed by atoms with Crippen LogP contribution in [0.3, 0.4) is 0 Å². The fourth-order valence-corrected chi connectivity index (χ4v) is 2.34. The Morgan fingerprint density at radius 3 is 2.65 bits per heavy atom. The average molecular weight is 269 g/mol. The van der Waals surface area contributed by atoms with Crippen molar-refractivity contribution >= 4 is 5.69 Å². The van der Waals surface area contributed by atoms with E-state index >= 15 is 0 Å². The van der Waals surface area contributed by atoms with Crippen LogP contribution in [0.15, 0.2) is 42.5 Å². The lowest BCUT2D eigenvalue weighted by Gasteiger charge is -2.16. The number of rotatable bonds is 6. The summed E-state index contributed by atoms with van der Waals surface area (Å²) in [6.07, 6.45) is 2.13. The topological polar surface area (TPSA) is 42.1 Å². The molecule has 0 saturated carbocycles. The number of para-hydroxylation sites is 1. The molecule has 3 nitrogen and oxygen atoms in total. The van der Waals surface area contributed by atoms with Crippen LogP contribution < -0.4 is 5.73 Å². The van der Waals surface area contributed by atoms with E-state index in [-0.39, 0.29) is 0 Å². The number of hydrogen-bond donors (Lipinski definition) is 1. The van der Waals surface area contributed by atoms with Crippen molar-refractivity contribution in [1.82, 2.24) is 9.88 Å². The summed E-state index contributed by atoms with van der Waals surface area (Å²) in [4.78, 5) is 6.84. The van der Waals surface area contributed by atoms with Crippen molar-refractivity contribution in [2.24, 2.45) is 0 Å². The second-order valence-electron chi connectivity index (χ2n) is 5.31. The van der Waals surface area contributed by atoms with Gasteiger partial charge in [-0.1, -0.05) is 24.3 Å². The SMILES string of the molecule is Cc1cccc(CN(C)CCCc2ccccc2N)n1. The zero-order valence-corrected chi connectivity index (χ0v) is 12.3. The fourth-order valence-electron chi connectivity index (χ4n) is 2.34. The van der Waals surface area contributed by atoms with E-state index in [0.717, 1.165) is 43.0 Å². The van der Waals surface area contributed by atoms with Crippen molar-refractivity contribution in [3.05, 3.63) is 59.4 Å². The van der Waals surface area contributed by atoms with Gasteiger partial charge in [-0.15, -0.1) is 0 Å². The summed E-state index contributed by atoms with van der Waals surface area (Å²) in [7, 11) is 2.14. The van der Waals surface area contributed by atoms with Gasteiger partial charge in [0.1, 0.15) is 0 Å². The number of aromatic nitrogens is 1. The minimum atomic E-state index is 0.895.